The van der Waals surface area contributed by atoms with Crippen LogP contribution in [0.25, 0.3) is 0 Å². The first-order valence-corrected chi connectivity index (χ1v) is 5.87. The van der Waals surface area contributed by atoms with Crippen molar-refractivity contribution >= 4 is 11.5 Å². The average Bonchev–Trinajstić information content (AvgIpc) is 2.39. The van der Waals surface area contributed by atoms with Crippen LogP contribution in [-0.4, -0.2) is 11.5 Å². The van der Waals surface area contributed by atoms with Crippen LogP contribution in [0, 0.1) is 0 Å². The first-order chi connectivity index (χ1) is 8.34. The van der Waals surface area contributed by atoms with Gasteiger partial charge in [-0.15, -0.1) is 0 Å². The largest absolute Gasteiger partial charge is 0.396 e. The summed E-state index contributed by atoms with van der Waals surface area (Å²) in [4.78, 5) is 6.62. The molecule has 0 saturated heterocycles. The lowest BCUT2D eigenvalue weighted by atomic mass is 10.00. The molecular formula is C14H15N3. The summed E-state index contributed by atoms with van der Waals surface area (Å²) in [6.45, 7) is 1.88. The van der Waals surface area contributed by atoms with Gasteiger partial charge in [0.25, 0.3) is 0 Å². The number of nitrogens with two attached hydrogens (primary N) is 1. The van der Waals surface area contributed by atoms with E-state index in [1.165, 1.54) is 11.1 Å². The van der Waals surface area contributed by atoms with Gasteiger partial charge in [0, 0.05) is 19.3 Å². The van der Waals surface area contributed by atoms with Crippen LogP contribution in [0.15, 0.2) is 42.6 Å². The Morgan fingerprint density at radius 1 is 1.06 bits per heavy atom. The molecule has 86 valence electrons. The smallest absolute Gasteiger partial charge is 0.152 e. The van der Waals surface area contributed by atoms with E-state index in [4.69, 9.17) is 5.73 Å². The minimum absolute atomic E-state index is 0.756. The zero-order valence-corrected chi connectivity index (χ0v) is 9.63. The predicted molar refractivity (Wildman–Crippen MR) is 69.8 cm³/mol. The van der Waals surface area contributed by atoms with Gasteiger partial charge in [-0.2, -0.15) is 0 Å². The molecule has 0 bridgehead atoms. The van der Waals surface area contributed by atoms with Gasteiger partial charge in [0.1, 0.15) is 0 Å². The lowest BCUT2D eigenvalue weighted by Crippen LogP contribution is -2.31. The minimum Gasteiger partial charge on any atom is -0.396 e. The second kappa shape index (κ2) is 4.09. The Hall–Kier alpha value is -2.03. The van der Waals surface area contributed by atoms with Gasteiger partial charge in [-0.25, -0.2) is 4.98 Å². The van der Waals surface area contributed by atoms with Crippen LogP contribution in [0.4, 0.5) is 11.5 Å². The van der Waals surface area contributed by atoms with Gasteiger partial charge >= 0.3 is 0 Å². The summed E-state index contributed by atoms with van der Waals surface area (Å²) in [5, 5.41) is 0. The lowest BCUT2D eigenvalue weighted by molar-refractivity contribution is 0.722. The predicted octanol–water partition coefficient (Wildman–Crippen LogP) is 2.23. The molecule has 2 aromatic rings. The Labute approximate surface area is 101 Å². The molecule has 0 unspecified atom stereocenters. The van der Waals surface area contributed by atoms with Crippen LogP contribution in [0.5, 0.6) is 0 Å². The van der Waals surface area contributed by atoms with Crippen molar-refractivity contribution in [3.8, 4) is 0 Å². The van der Waals surface area contributed by atoms with E-state index in [2.05, 4.69) is 34.1 Å². The van der Waals surface area contributed by atoms with E-state index in [9.17, 15) is 0 Å². The molecule has 2 N–H and O–H groups in total. The number of benzene rings is 1. The molecule has 1 aromatic carbocycles. The molecule has 1 aliphatic heterocycles. The minimum atomic E-state index is 0.756. The fourth-order valence-corrected chi connectivity index (χ4v) is 2.35. The van der Waals surface area contributed by atoms with E-state index in [0.717, 1.165) is 31.0 Å². The van der Waals surface area contributed by atoms with Crippen molar-refractivity contribution in [2.24, 2.45) is 0 Å². The summed E-state index contributed by atoms with van der Waals surface area (Å²) >= 11 is 0. The highest BCUT2D eigenvalue weighted by atomic mass is 15.2. The SMILES string of the molecule is Nc1cccnc1N1CCc2ccccc2C1. The molecule has 2 heterocycles. The molecule has 3 heteroatoms. The van der Waals surface area contributed by atoms with Crippen molar-refractivity contribution in [3.63, 3.8) is 0 Å². The van der Waals surface area contributed by atoms with E-state index in [-0.39, 0.29) is 0 Å². The zero-order chi connectivity index (χ0) is 11.7. The number of hydrogen-bond acceptors (Lipinski definition) is 3. The molecule has 3 nitrogen and oxygen atoms in total. The van der Waals surface area contributed by atoms with E-state index in [1.807, 2.05) is 12.1 Å². The summed E-state index contributed by atoms with van der Waals surface area (Å²) in [5.41, 5.74) is 9.54. The van der Waals surface area contributed by atoms with E-state index in [1.54, 1.807) is 6.20 Å². The van der Waals surface area contributed by atoms with Crippen LogP contribution in [0.2, 0.25) is 0 Å². The van der Waals surface area contributed by atoms with Gasteiger partial charge in [-0.3, -0.25) is 0 Å². The first kappa shape index (κ1) is 10.1. The van der Waals surface area contributed by atoms with Gasteiger partial charge < -0.3 is 10.6 Å². The zero-order valence-electron chi connectivity index (χ0n) is 9.63. The molecule has 0 spiro atoms. The monoisotopic (exact) mass is 225 g/mol. The van der Waals surface area contributed by atoms with Gasteiger partial charge in [-0.05, 0) is 29.7 Å². The summed E-state index contributed by atoms with van der Waals surface area (Å²) in [7, 11) is 0. The molecule has 3 rings (SSSR count). The van der Waals surface area contributed by atoms with Crippen molar-refractivity contribution in [2.45, 2.75) is 13.0 Å². The molecule has 1 aliphatic rings. The van der Waals surface area contributed by atoms with Crippen molar-refractivity contribution in [3.05, 3.63) is 53.7 Å². The average molecular weight is 225 g/mol. The van der Waals surface area contributed by atoms with Crippen molar-refractivity contribution in [2.75, 3.05) is 17.2 Å². The van der Waals surface area contributed by atoms with Gasteiger partial charge in [-0.1, -0.05) is 24.3 Å². The Morgan fingerprint density at radius 2 is 1.88 bits per heavy atom. The van der Waals surface area contributed by atoms with E-state index in [0.29, 0.717) is 0 Å². The summed E-state index contributed by atoms with van der Waals surface area (Å²) in [5.74, 6) is 0.905. The normalized spacial score (nSPS) is 14.5. The fraction of sp³-hybridized carbons (Fsp3) is 0.214. The number of fused-ring (bicyclic) bond motifs is 1. The Balaban J connectivity index is 1.92. The maximum atomic E-state index is 5.97. The highest BCUT2D eigenvalue weighted by Crippen LogP contribution is 2.26. The third-order valence-corrected chi connectivity index (χ3v) is 3.25. The first-order valence-electron chi connectivity index (χ1n) is 5.87. The summed E-state index contributed by atoms with van der Waals surface area (Å²) < 4.78 is 0. The Bertz CT molecular complexity index is 536. The quantitative estimate of drug-likeness (QED) is 0.809. The van der Waals surface area contributed by atoms with Crippen molar-refractivity contribution < 1.29 is 0 Å². The number of nitrogen functional groups attached to an aromatic ring is 1. The van der Waals surface area contributed by atoms with Crippen LogP contribution < -0.4 is 10.6 Å². The molecular weight excluding hydrogens is 210 g/mol. The Kier molecular flexibility index (Phi) is 2.44. The second-order valence-electron chi connectivity index (χ2n) is 4.36. The van der Waals surface area contributed by atoms with Gasteiger partial charge in [0.05, 0.1) is 5.69 Å². The third kappa shape index (κ3) is 1.84. The van der Waals surface area contributed by atoms with Crippen LogP contribution in [0.3, 0.4) is 0 Å². The number of rotatable bonds is 1. The molecule has 0 radical (unpaired) electrons. The summed E-state index contributed by atoms with van der Waals surface area (Å²) in [6.07, 6.45) is 2.86. The highest BCUT2D eigenvalue weighted by Gasteiger charge is 2.18. The molecule has 0 atom stereocenters. The molecule has 0 saturated carbocycles. The van der Waals surface area contributed by atoms with Crippen molar-refractivity contribution in [1.82, 2.24) is 4.98 Å². The topological polar surface area (TPSA) is 42.1 Å². The van der Waals surface area contributed by atoms with Crippen LogP contribution >= 0.6 is 0 Å². The van der Waals surface area contributed by atoms with Crippen molar-refractivity contribution in [1.29, 1.82) is 0 Å². The number of hydrogen-bond donors (Lipinski definition) is 1. The summed E-state index contributed by atoms with van der Waals surface area (Å²) in [6, 6.07) is 12.3. The molecule has 17 heavy (non-hydrogen) atoms. The van der Waals surface area contributed by atoms with Gasteiger partial charge in [0.15, 0.2) is 5.82 Å². The number of aromatic nitrogens is 1. The highest BCUT2D eigenvalue weighted by molar-refractivity contribution is 5.63. The van der Waals surface area contributed by atoms with E-state index >= 15 is 0 Å². The Morgan fingerprint density at radius 3 is 2.71 bits per heavy atom. The number of anilines is 2. The molecule has 0 aliphatic carbocycles. The number of nitrogens with zero attached hydrogens (tertiary/aromatic N) is 2. The third-order valence-electron chi connectivity index (χ3n) is 3.25. The second-order valence-corrected chi connectivity index (χ2v) is 4.36. The van der Waals surface area contributed by atoms with Crippen LogP contribution in [-0.2, 0) is 13.0 Å². The van der Waals surface area contributed by atoms with Crippen LogP contribution in [0.1, 0.15) is 11.1 Å². The maximum absolute atomic E-state index is 5.97. The fourth-order valence-electron chi connectivity index (χ4n) is 2.35. The maximum Gasteiger partial charge on any atom is 0.152 e. The van der Waals surface area contributed by atoms with E-state index < -0.39 is 0 Å². The molecule has 1 aromatic heterocycles. The van der Waals surface area contributed by atoms with Gasteiger partial charge in [0.2, 0.25) is 0 Å². The molecule has 0 amide bonds. The number of pyridine rings is 1. The standard InChI is InChI=1S/C14H15N3/c15-13-6-3-8-16-14(13)17-9-7-11-4-1-2-5-12(11)10-17/h1-6,8H,7,9-10,15H2. The lowest BCUT2D eigenvalue weighted by Gasteiger charge is -2.30. The molecule has 0 fully saturated rings.